The average Bonchev–Trinajstić information content (AvgIpc) is 2.25. The minimum Gasteiger partial charge on any atom is -0.381 e. The molecule has 3 heteroatoms. The van der Waals surface area contributed by atoms with Gasteiger partial charge in [-0.1, -0.05) is 20.8 Å². The van der Waals surface area contributed by atoms with Gasteiger partial charge in [0, 0.05) is 25.8 Å². The number of ether oxygens (including phenoxy) is 1. The van der Waals surface area contributed by atoms with Crippen LogP contribution >= 0.6 is 0 Å². The van der Waals surface area contributed by atoms with Crippen molar-refractivity contribution in [1.29, 1.82) is 0 Å². The van der Waals surface area contributed by atoms with Crippen LogP contribution in [0.25, 0.3) is 0 Å². The fourth-order valence-corrected chi connectivity index (χ4v) is 2.74. The van der Waals surface area contributed by atoms with Crippen LogP contribution in [0.1, 0.15) is 46.5 Å². The summed E-state index contributed by atoms with van der Waals surface area (Å²) in [5, 5.41) is 0. The summed E-state index contributed by atoms with van der Waals surface area (Å²) in [7, 11) is 2.22. The van der Waals surface area contributed by atoms with Crippen LogP contribution in [0.5, 0.6) is 0 Å². The molecule has 1 aliphatic rings. The summed E-state index contributed by atoms with van der Waals surface area (Å²) in [6.45, 7) is 11.0. The molecule has 0 amide bonds. The summed E-state index contributed by atoms with van der Waals surface area (Å²) in [5.74, 6) is 0.822. The Balaban J connectivity index is 2.13. The Morgan fingerprint density at radius 3 is 2.44 bits per heavy atom. The summed E-state index contributed by atoms with van der Waals surface area (Å²) in [6, 6.07) is 0.335. The van der Waals surface area contributed by atoms with Gasteiger partial charge in [0.25, 0.3) is 0 Å². The number of nitrogens with zero attached hydrogens (tertiary/aromatic N) is 1. The summed E-state index contributed by atoms with van der Waals surface area (Å²) in [4.78, 5) is 2.44. The lowest BCUT2D eigenvalue weighted by molar-refractivity contribution is 0.0553. The zero-order chi connectivity index (χ0) is 13.6. The molecular weight excluding hydrogens is 224 g/mol. The minimum atomic E-state index is 0.335. The molecule has 1 rings (SSSR count). The van der Waals surface area contributed by atoms with E-state index in [1.54, 1.807) is 0 Å². The molecule has 1 fully saturated rings. The molecule has 0 aliphatic carbocycles. The number of hydrogen-bond acceptors (Lipinski definition) is 3. The minimum absolute atomic E-state index is 0.335. The second-order valence-corrected chi connectivity index (χ2v) is 7.13. The Kier molecular flexibility index (Phi) is 6.61. The van der Waals surface area contributed by atoms with Crippen LogP contribution in [0, 0.1) is 11.3 Å². The van der Waals surface area contributed by atoms with Crippen molar-refractivity contribution in [1.82, 2.24) is 4.90 Å². The molecule has 2 N–H and O–H groups in total. The van der Waals surface area contributed by atoms with Gasteiger partial charge < -0.3 is 15.4 Å². The van der Waals surface area contributed by atoms with Gasteiger partial charge in [-0.2, -0.15) is 0 Å². The molecule has 0 spiro atoms. The highest BCUT2D eigenvalue weighted by atomic mass is 16.5. The van der Waals surface area contributed by atoms with Gasteiger partial charge in [0.2, 0.25) is 0 Å². The van der Waals surface area contributed by atoms with Crippen molar-refractivity contribution in [3.8, 4) is 0 Å². The van der Waals surface area contributed by atoms with E-state index in [0.717, 1.165) is 38.5 Å². The fourth-order valence-electron chi connectivity index (χ4n) is 2.74. The predicted octanol–water partition coefficient (Wildman–Crippen LogP) is 2.50. The first-order valence-electron chi connectivity index (χ1n) is 7.39. The number of hydrogen-bond donors (Lipinski definition) is 1. The van der Waals surface area contributed by atoms with Crippen molar-refractivity contribution in [3.63, 3.8) is 0 Å². The second kappa shape index (κ2) is 7.46. The first-order valence-corrected chi connectivity index (χ1v) is 7.39. The van der Waals surface area contributed by atoms with Gasteiger partial charge in [-0.15, -0.1) is 0 Å². The normalized spacial score (nSPS) is 20.3. The highest BCUT2D eigenvalue weighted by Crippen LogP contribution is 2.21. The molecule has 1 saturated heterocycles. The summed E-state index contributed by atoms with van der Waals surface area (Å²) in [6.07, 6.45) is 4.66. The first-order chi connectivity index (χ1) is 8.37. The predicted molar refractivity (Wildman–Crippen MR) is 77.7 cm³/mol. The van der Waals surface area contributed by atoms with E-state index in [-0.39, 0.29) is 0 Å². The van der Waals surface area contributed by atoms with E-state index in [1.807, 2.05) is 0 Å². The van der Waals surface area contributed by atoms with Gasteiger partial charge in [0.1, 0.15) is 0 Å². The molecule has 0 radical (unpaired) electrons. The van der Waals surface area contributed by atoms with Crippen molar-refractivity contribution in [2.75, 3.05) is 33.4 Å². The molecule has 0 saturated carbocycles. The molecule has 1 aliphatic heterocycles. The van der Waals surface area contributed by atoms with E-state index in [1.165, 1.54) is 19.4 Å². The van der Waals surface area contributed by atoms with E-state index >= 15 is 0 Å². The molecule has 18 heavy (non-hydrogen) atoms. The van der Waals surface area contributed by atoms with Gasteiger partial charge in [-0.05, 0) is 50.6 Å². The van der Waals surface area contributed by atoms with Crippen LogP contribution in [0.15, 0.2) is 0 Å². The van der Waals surface area contributed by atoms with Crippen LogP contribution in [0.3, 0.4) is 0 Å². The quantitative estimate of drug-likeness (QED) is 0.793. The molecule has 1 unspecified atom stereocenters. The number of nitrogens with two attached hydrogens (primary N) is 1. The molecule has 1 heterocycles. The highest BCUT2D eigenvalue weighted by Gasteiger charge is 2.18. The van der Waals surface area contributed by atoms with Crippen LogP contribution in [-0.2, 0) is 4.74 Å². The topological polar surface area (TPSA) is 38.5 Å². The molecule has 108 valence electrons. The Hall–Kier alpha value is -0.120. The van der Waals surface area contributed by atoms with Crippen molar-refractivity contribution in [3.05, 3.63) is 0 Å². The third-order valence-electron chi connectivity index (χ3n) is 3.67. The highest BCUT2D eigenvalue weighted by molar-refractivity contribution is 4.73. The largest absolute Gasteiger partial charge is 0.381 e. The summed E-state index contributed by atoms with van der Waals surface area (Å²) < 4.78 is 5.40. The standard InChI is InChI=1S/C15H32N2O/c1-15(2,3)11-14(16)5-8-17(4)12-13-6-9-18-10-7-13/h13-14H,5-12,16H2,1-4H3. The van der Waals surface area contributed by atoms with Gasteiger partial charge >= 0.3 is 0 Å². The van der Waals surface area contributed by atoms with E-state index in [0.29, 0.717) is 11.5 Å². The second-order valence-electron chi connectivity index (χ2n) is 7.13. The molecule has 0 aromatic rings. The maximum Gasteiger partial charge on any atom is 0.0469 e. The van der Waals surface area contributed by atoms with Crippen molar-refractivity contribution < 1.29 is 4.74 Å². The zero-order valence-electron chi connectivity index (χ0n) is 12.7. The molecular formula is C15H32N2O. The van der Waals surface area contributed by atoms with Gasteiger partial charge in [0.05, 0.1) is 0 Å². The lowest BCUT2D eigenvalue weighted by Crippen LogP contribution is -2.34. The fraction of sp³-hybridized carbons (Fsp3) is 1.00. The third kappa shape index (κ3) is 7.34. The average molecular weight is 256 g/mol. The number of rotatable bonds is 6. The molecule has 0 aromatic heterocycles. The molecule has 1 atom stereocenters. The van der Waals surface area contributed by atoms with Crippen LogP contribution in [0.4, 0.5) is 0 Å². The molecule has 0 bridgehead atoms. The Labute approximate surface area is 113 Å². The molecule has 0 aromatic carbocycles. The van der Waals surface area contributed by atoms with Gasteiger partial charge in [-0.3, -0.25) is 0 Å². The third-order valence-corrected chi connectivity index (χ3v) is 3.67. The van der Waals surface area contributed by atoms with E-state index in [2.05, 4.69) is 32.7 Å². The van der Waals surface area contributed by atoms with Crippen molar-refractivity contribution in [2.24, 2.45) is 17.1 Å². The maximum atomic E-state index is 6.19. The summed E-state index contributed by atoms with van der Waals surface area (Å²) >= 11 is 0. The maximum absolute atomic E-state index is 6.19. The monoisotopic (exact) mass is 256 g/mol. The van der Waals surface area contributed by atoms with Crippen LogP contribution < -0.4 is 5.73 Å². The van der Waals surface area contributed by atoms with E-state index in [4.69, 9.17) is 10.5 Å². The lowest BCUT2D eigenvalue weighted by Gasteiger charge is -2.29. The zero-order valence-corrected chi connectivity index (χ0v) is 12.7. The SMILES string of the molecule is CN(CCC(N)CC(C)(C)C)CC1CCOCC1. The van der Waals surface area contributed by atoms with Gasteiger partial charge in [0.15, 0.2) is 0 Å². The molecule has 3 nitrogen and oxygen atoms in total. The first kappa shape index (κ1) is 15.9. The van der Waals surface area contributed by atoms with Crippen molar-refractivity contribution >= 4 is 0 Å². The van der Waals surface area contributed by atoms with Gasteiger partial charge in [-0.25, -0.2) is 0 Å². The summed E-state index contributed by atoms with van der Waals surface area (Å²) in [5.41, 5.74) is 6.54. The Morgan fingerprint density at radius 1 is 1.28 bits per heavy atom. The van der Waals surface area contributed by atoms with Crippen LogP contribution in [0.2, 0.25) is 0 Å². The Bertz CT molecular complexity index is 219. The van der Waals surface area contributed by atoms with E-state index < -0.39 is 0 Å². The van der Waals surface area contributed by atoms with Crippen molar-refractivity contribution in [2.45, 2.75) is 52.5 Å². The van der Waals surface area contributed by atoms with E-state index in [9.17, 15) is 0 Å². The lowest BCUT2D eigenvalue weighted by atomic mass is 9.87. The van der Waals surface area contributed by atoms with Crippen LogP contribution in [-0.4, -0.2) is 44.3 Å². The smallest absolute Gasteiger partial charge is 0.0469 e. The Morgan fingerprint density at radius 2 is 1.89 bits per heavy atom.